The Kier molecular flexibility index (Phi) is 2.30. The SMILES string of the molecule is FC1(F)CCC2(CCCNC2)CC1. The highest BCUT2D eigenvalue weighted by Crippen LogP contribution is 2.46. The van der Waals surface area contributed by atoms with Crippen molar-refractivity contribution in [2.45, 2.75) is 44.4 Å². The highest BCUT2D eigenvalue weighted by molar-refractivity contribution is 4.92. The lowest BCUT2D eigenvalue weighted by Gasteiger charge is -2.43. The molecule has 76 valence electrons. The molecule has 1 heterocycles. The normalized spacial score (nSPS) is 31.8. The molecule has 0 bridgehead atoms. The minimum Gasteiger partial charge on any atom is -0.316 e. The summed E-state index contributed by atoms with van der Waals surface area (Å²) in [7, 11) is 0. The smallest absolute Gasteiger partial charge is 0.248 e. The average Bonchev–Trinajstić information content (AvgIpc) is 2.13. The van der Waals surface area contributed by atoms with Crippen LogP contribution in [0.4, 0.5) is 8.78 Å². The molecule has 2 rings (SSSR count). The van der Waals surface area contributed by atoms with Gasteiger partial charge in [0.15, 0.2) is 0 Å². The molecule has 13 heavy (non-hydrogen) atoms. The highest BCUT2D eigenvalue weighted by atomic mass is 19.3. The van der Waals surface area contributed by atoms with Crippen LogP contribution in [0.1, 0.15) is 38.5 Å². The van der Waals surface area contributed by atoms with E-state index in [9.17, 15) is 8.78 Å². The standard InChI is InChI=1S/C10H17F2N/c11-10(12)5-3-9(4-6-10)2-1-7-13-8-9/h13H,1-8H2. The van der Waals surface area contributed by atoms with Crippen LogP contribution in [-0.2, 0) is 0 Å². The van der Waals surface area contributed by atoms with Crippen molar-refractivity contribution < 1.29 is 8.78 Å². The molecule has 1 aliphatic carbocycles. The minimum absolute atomic E-state index is 0.106. The van der Waals surface area contributed by atoms with Gasteiger partial charge in [0.2, 0.25) is 5.92 Å². The third-order valence-corrected chi connectivity index (χ3v) is 3.60. The lowest BCUT2D eigenvalue weighted by atomic mass is 9.69. The van der Waals surface area contributed by atoms with Gasteiger partial charge in [-0.1, -0.05) is 0 Å². The van der Waals surface area contributed by atoms with Crippen molar-refractivity contribution in [2.75, 3.05) is 13.1 Å². The first kappa shape index (κ1) is 9.38. The molecule has 0 radical (unpaired) electrons. The van der Waals surface area contributed by atoms with Gasteiger partial charge in [0.25, 0.3) is 0 Å². The van der Waals surface area contributed by atoms with E-state index in [1.807, 2.05) is 0 Å². The van der Waals surface area contributed by atoms with Crippen LogP contribution < -0.4 is 5.32 Å². The number of piperidine rings is 1. The van der Waals surface area contributed by atoms with Gasteiger partial charge in [-0.15, -0.1) is 0 Å². The second-order valence-corrected chi connectivity index (χ2v) is 4.64. The summed E-state index contributed by atoms with van der Waals surface area (Å²) in [6, 6.07) is 0. The predicted molar refractivity (Wildman–Crippen MR) is 48.0 cm³/mol. The monoisotopic (exact) mass is 189 g/mol. The van der Waals surface area contributed by atoms with Crippen molar-refractivity contribution in [3.05, 3.63) is 0 Å². The maximum absolute atomic E-state index is 12.9. The van der Waals surface area contributed by atoms with Crippen LogP contribution in [0.25, 0.3) is 0 Å². The zero-order chi connectivity index (χ0) is 9.36. The van der Waals surface area contributed by atoms with Gasteiger partial charge < -0.3 is 5.32 Å². The number of alkyl halides is 2. The first-order chi connectivity index (χ1) is 6.12. The maximum Gasteiger partial charge on any atom is 0.248 e. The number of nitrogens with one attached hydrogen (secondary N) is 1. The zero-order valence-corrected chi connectivity index (χ0v) is 7.91. The molecule has 1 spiro atoms. The summed E-state index contributed by atoms with van der Waals surface area (Å²) in [5.74, 6) is -2.37. The fourth-order valence-corrected chi connectivity index (χ4v) is 2.60. The van der Waals surface area contributed by atoms with Crippen LogP contribution in [0.2, 0.25) is 0 Å². The Balaban J connectivity index is 1.95. The first-order valence-corrected chi connectivity index (χ1v) is 5.21. The molecule has 2 fully saturated rings. The molecule has 1 N–H and O–H groups in total. The maximum atomic E-state index is 12.9. The van der Waals surface area contributed by atoms with Gasteiger partial charge in [-0.05, 0) is 37.6 Å². The third-order valence-electron chi connectivity index (χ3n) is 3.60. The molecule has 0 atom stereocenters. The lowest BCUT2D eigenvalue weighted by Crippen LogP contribution is -2.44. The molecular formula is C10H17F2N. The zero-order valence-electron chi connectivity index (χ0n) is 7.91. The molecular weight excluding hydrogens is 172 g/mol. The number of hydrogen-bond donors (Lipinski definition) is 1. The van der Waals surface area contributed by atoms with E-state index in [1.54, 1.807) is 0 Å². The molecule has 2 aliphatic rings. The summed E-state index contributed by atoms with van der Waals surface area (Å²) in [4.78, 5) is 0. The van der Waals surface area contributed by atoms with Crippen molar-refractivity contribution in [1.82, 2.24) is 5.32 Å². The van der Waals surface area contributed by atoms with Gasteiger partial charge in [0, 0.05) is 19.4 Å². The predicted octanol–water partition coefficient (Wildman–Crippen LogP) is 2.57. The van der Waals surface area contributed by atoms with E-state index in [2.05, 4.69) is 5.32 Å². The van der Waals surface area contributed by atoms with Crippen LogP contribution in [-0.4, -0.2) is 19.0 Å². The van der Waals surface area contributed by atoms with Crippen LogP contribution >= 0.6 is 0 Å². The molecule has 0 amide bonds. The average molecular weight is 189 g/mol. The molecule has 1 saturated carbocycles. The van der Waals surface area contributed by atoms with E-state index in [1.165, 1.54) is 0 Å². The van der Waals surface area contributed by atoms with Crippen molar-refractivity contribution >= 4 is 0 Å². The van der Waals surface area contributed by atoms with Crippen LogP contribution in [0, 0.1) is 5.41 Å². The fourth-order valence-electron chi connectivity index (χ4n) is 2.60. The number of halogens is 2. The summed E-state index contributed by atoms with van der Waals surface area (Å²) in [5, 5.41) is 3.33. The molecule has 0 aromatic rings. The van der Waals surface area contributed by atoms with Crippen molar-refractivity contribution in [1.29, 1.82) is 0 Å². The van der Waals surface area contributed by atoms with Crippen molar-refractivity contribution in [3.63, 3.8) is 0 Å². The number of rotatable bonds is 0. The van der Waals surface area contributed by atoms with Crippen LogP contribution in [0.15, 0.2) is 0 Å². The van der Waals surface area contributed by atoms with E-state index in [0.29, 0.717) is 12.8 Å². The van der Waals surface area contributed by atoms with Crippen molar-refractivity contribution in [2.24, 2.45) is 5.41 Å². The van der Waals surface area contributed by atoms with E-state index < -0.39 is 5.92 Å². The van der Waals surface area contributed by atoms with Gasteiger partial charge >= 0.3 is 0 Å². The van der Waals surface area contributed by atoms with Gasteiger partial charge in [-0.2, -0.15) is 0 Å². The Bertz CT molecular complexity index is 173. The molecule has 0 aromatic heterocycles. The second-order valence-electron chi connectivity index (χ2n) is 4.64. The Morgan fingerprint density at radius 1 is 0.923 bits per heavy atom. The molecule has 1 saturated heterocycles. The summed E-state index contributed by atoms with van der Waals surface area (Å²) in [6.07, 6.45) is 3.95. The van der Waals surface area contributed by atoms with Crippen LogP contribution in [0.5, 0.6) is 0 Å². The summed E-state index contributed by atoms with van der Waals surface area (Å²) < 4.78 is 25.8. The molecule has 1 aliphatic heterocycles. The van der Waals surface area contributed by atoms with Crippen LogP contribution in [0.3, 0.4) is 0 Å². The lowest BCUT2D eigenvalue weighted by molar-refractivity contribution is -0.0714. The largest absolute Gasteiger partial charge is 0.316 e. The quantitative estimate of drug-likeness (QED) is 0.617. The fraction of sp³-hybridized carbons (Fsp3) is 1.00. The second kappa shape index (κ2) is 3.19. The highest BCUT2D eigenvalue weighted by Gasteiger charge is 2.43. The number of hydrogen-bond acceptors (Lipinski definition) is 1. The Hall–Kier alpha value is -0.180. The van der Waals surface area contributed by atoms with E-state index in [-0.39, 0.29) is 18.3 Å². The Morgan fingerprint density at radius 3 is 2.15 bits per heavy atom. The van der Waals surface area contributed by atoms with Crippen molar-refractivity contribution in [3.8, 4) is 0 Å². The van der Waals surface area contributed by atoms with Gasteiger partial charge in [-0.25, -0.2) is 8.78 Å². The molecule has 3 heteroatoms. The van der Waals surface area contributed by atoms with E-state index in [0.717, 1.165) is 25.9 Å². The van der Waals surface area contributed by atoms with E-state index >= 15 is 0 Å². The van der Waals surface area contributed by atoms with Gasteiger partial charge in [0.05, 0.1) is 0 Å². The topological polar surface area (TPSA) is 12.0 Å². The third kappa shape index (κ3) is 2.01. The summed E-state index contributed by atoms with van der Waals surface area (Å²) in [5.41, 5.74) is 0.222. The first-order valence-electron chi connectivity index (χ1n) is 5.21. The minimum atomic E-state index is -2.37. The molecule has 0 unspecified atom stereocenters. The Morgan fingerprint density at radius 2 is 1.62 bits per heavy atom. The Labute approximate surface area is 77.9 Å². The summed E-state index contributed by atoms with van der Waals surface area (Å²) in [6.45, 7) is 2.03. The van der Waals surface area contributed by atoms with Gasteiger partial charge in [-0.3, -0.25) is 0 Å². The molecule has 1 nitrogen and oxygen atoms in total. The van der Waals surface area contributed by atoms with Gasteiger partial charge in [0.1, 0.15) is 0 Å². The molecule has 0 aromatic carbocycles. The summed E-state index contributed by atoms with van der Waals surface area (Å²) >= 11 is 0. The van der Waals surface area contributed by atoms with E-state index in [4.69, 9.17) is 0 Å².